The van der Waals surface area contributed by atoms with Gasteiger partial charge < -0.3 is 10.2 Å². The molecule has 2 aromatic rings. The van der Waals surface area contributed by atoms with Gasteiger partial charge in [-0.1, -0.05) is 6.07 Å². The van der Waals surface area contributed by atoms with Crippen LogP contribution in [0.15, 0.2) is 47.4 Å². The summed E-state index contributed by atoms with van der Waals surface area (Å²) in [5, 5.41) is 14.4. The zero-order valence-corrected chi connectivity index (χ0v) is 15.9. The van der Waals surface area contributed by atoms with E-state index >= 15 is 0 Å². The third kappa shape index (κ3) is 4.30. The average molecular weight is 378 g/mol. The van der Waals surface area contributed by atoms with E-state index in [9.17, 15) is 18.5 Å². The molecule has 9 heteroatoms. The van der Waals surface area contributed by atoms with E-state index in [0.29, 0.717) is 11.7 Å². The van der Waals surface area contributed by atoms with E-state index in [4.69, 9.17) is 0 Å². The zero-order chi connectivity index (χ0) is 19.5. The Morgan fingerprint density at radius 2 is 1.85 bits per heavy atom. The van der Waals surface area contributed by atoms with Crippen molar-refractivity contribution in [2.24, 2.45) is 0 Å². The average Bonchev–Trinajstić information content (AvgIpc) is 2.61. The van der Waals surface area contributed by atoms with Crippen LogP contribution < -0.4 is 14.9 Å². The maximum Gasteiger partial charge on any atom is 0.294 e. The smallest absolute Gasteiger partial charge is 0.294 e. The molecule has 0 radical (unpaired) electrons. The topological polar surface area (TPSA) is 105 Å². The number of nitrogens with one attached hydrogen (secondary N) is 2. The molecule has 0 saturated carbocycles. The fraction of sp³-hybridized carbons (Fsp3) is 0.294. The van der Waals surface area contributed by atoms with Crippen LogP contribution in [-0.4, -0.2) is 33.5 Å². The number of sulfonamides is 1. The summed E-state index contributed by atoms with van der Waals surface area (Å²) in [5.41, 5.74) is 1.53. The molecule has 140 valence electrons. The minimum absolute atomic E-state index is 0.162. The van der Waals surface area contributed by atoms with Gasteiger partial charge in [0.1, 0.15) is 5.69 Å². The van der Waals surface area contributed by atoms with Crippen LogP contribution in [0.3, 0.4) is 0 Å². The van der Waals surface area contributed by atoms with Crippen LogP contribution in [0.25, 0.3) is 0 Å². The quantitative estimate of drug-likeness (QED) is 0.567. The Hall–Kier alpha value is -2.65. The van der Waals surface area contributed by atoms with Gasteiger partial charge in [-0.2, -0.15) is 0 Å². The number of nitro groups is 1. The lowest BCUT2D eigenvalue weighted by Crippen LogP contribution is -2.25. The molecule has 8 nitrogen and oxygen atoms in total. The monoisotopic (exact) mass is 378 g/mol. The van der Waals surface area contributed by atoms with E-state index in [1.807, 2.05) is 25.2 Å². The van der Waals surface area contributed by atoms with Crippen molar-refractivity contribution in [2.75, 3.05) is 24.3 Å². The van der Waals surface area contributed by atoms with Crippen molar-refractivity contribution in [1.29, 1.82) is 0 Å². The zero-order valence-electron chi connectivity index (χ0n) is 15.1. The Kier molecular flexibility index (Phi) is 5.83. The third-order valence-electron chi connectivity index (χ3n) is 4.05. The molecule has 0 fully saturated rings. The fourth-order valence-electron chi connectivity index (χ4n) is 2.31. The molecule has 0 aromatic heterocycles. The van der Waals surface area contributed by atoms with Crippen LogP contribution in [0.2, 0.25) is 0 Å². The summed E-state index contributed by atoms with van der Waals surface area (Å²) in [6.45, 7) is 4.12. The highest BCUT2D eigenvalue weighted by Gasteiger charge is 2.20. The molecule has 0 aliphatic heterocycles. The molecule has 0 saturated heterocycles. The second-order valence-corrected chi connectivity index (χ2v) is 7.91. The van der Waals surface area contributed by atoms with Crippen molar-refractivity contribution in [3.63, 3.8) is 0 Å². The number of benzene rings is 2. The van der Waals surface area contributed by atoms with Gasteiger partial charge in [-0.05, 0) is 51.2 Å². The number of anilines is 3. The molecule has 0 amide bonds. The lowest BCUT2D eigenvalue weighted by molar-refractivity contribution is -0.384. The van der Waals surface area contributed by atoms with Crippen LogP contribution in [-0.2, 0) is 10.0 Å². The molecule has 2 rings (SSSR count). The van der Waals surface area contributed by atoms with Crippen LogP contribution >= 0.6 is 0 Å². The van der Waals surface area contributed by atoms with Gasteiger partial charge in [0.15, 0.2) is 0 Å². The number of nitrogens with zero attached hydrogens (tertiary/aromatic N) is 2. The second kappa shape index (κ2) is 7.71. The molecule has 2 aromatic carbocycles. The summed E-state index contributed by atoms with van der Waals surface area (Å²) in [6.07, 6.45) is 0. The number of hydrogen-bond donors (Lipinski definition) is 2. The summed E-state index contributed by atoms with van der Waals surface area (Å²) in [7, 11) is -0.544. The predicted octanol–water partition coefficient (Wildman–Crippen LogP) is 3.09. The summed E-state index contributed by atoms with van der Waals surface area (Å²) >= 11 is 0. The fourth-order valence-corrected chi connectivity index (χ4v) is 3.06. The Balaban J connectivity index is 2.41. The normalized spacial score (nSPS) is 11.4. The first-order chi connectivity index (χ1) is 12.2. The summed E-state index contributed by atoms with van der Waals surface area (Å²) < 4.78 is 25.9. The molecule has 0 aliphatic rings. The molecule has 0 heterocycles. The number of nitro benzene ring substituents is 1. The molecular weight excluding hydrogens is 356 g/mol. The van der Waals surface area contributed by atoms with Gasteiger partial charge in [-0.25, -0.2) is 13.1 Å². The maximum absolute atomic E-state index is 11.9. The van der Waals surface area contributed by atoms with Crippen molar-refractivity contribution in [3.8, 4) is 0 Å². The van der Waals surface area contributed by atoms with Gasteiger partial charge in [0.2, 0.25) is 10.0 Å². The first-order valence-electron chi connectivity index (χ1n) is 7.97. The lowest BCUT2D eigenvalue weighted by atomic mass is 10.2. The molecular formula is C17H22N4O4S. The molecule has 0 atom stereocenters. The number of rotatable bonds is 7. The number of hydrogen-bond acceptors (Lipinski definition) is 6. The molecule has 0 unspecified atom stereocenters. The van der Waals surface area contributed by atoms with Gasteiger partial charge in [0.25, 0.3) is 5.69 Å². The summed E-state index contributed by atoms with van der Waals surface area (Å²) in [5.74, 6) is 0. The van der Waals surface area contributed by atoms with Crippen molar-refractivity contribution >= 4 is 32.8 Å². The second-order valence-electron chi connectivity index (χ2n) is 6.02. The first-order valence-corrected chi connectivity index (χ1v) is 9.46. The van der Waals surface area contributed by atoms with Crippen molar-refractivity contribution in [2.45, 2.75) is 24.8 Å². The molecule has 26 heavy (non-hydrogen) atoms. The Bertz CT molecular complexity index is 913. The van der Waals surface area contributed by atoms with Crippen LogP contribution in [0.4, 0.5) is 22.7 Å². The Morgan fingerprint density at radius 1 is 1.15 bits per heavy atom. The molecule has 0 aliphatic carbocycles. The summed E-state index contributed by atoms with van der Waals surface area (Å²) in [4.78, 5) is 12.7. The lowest BCUT2D eigenvalue weighted by Gasteiger charge is -2.24. The van der Waals surface area contributed by atoms with Crippen LogP contribution in [0.5, 0.6) is 0 Å². The van der Waals surface area contributed by atoms with E-state index in [0.717, 1.165) is 11.8 Å². The van der Waals surface area contributed by atoms with E-state index < -0.39 is 14.9 Å². The van der Waals surface area contributed by atoms with Gasteiger partial charge >= 0.3 is 0 Å². The highest BCUT2D eigenvalue weighted by atomic mass is 32.2. The van der Waals surface area contributed by atoms with Crippen molar-refractivity contribution < 1.29 is 13.3 Å². The largest absolute Gasteiger partial charge is 0.372 e. The van der Waals surface area contributed by atoms with Crippen LogP contribution in [0, 0.1) is 10.1 Å². The van der Waals surface area contributed by atoms with E-state index in [2.05, 4.69) is 28.8 Å². The molecule has 2 N–H and O–H groups in total. The van der Waals surface area contributed by atoms with Gasteiger partial charge in [-0.3, -0.25) is 10.1 Å². The Morgan fingerprint density at radius 3 is 2.42 bits per heavy atom. The minimum Gasteiger partial charge on any atom is -0.372 e. The Labute approximate surface area is 153 Å². The summed E-state index contributed by atoms with van der Waals surface area (Å²) in [6, 6.07) is 11.5. The van der Waals surface area contributed by atoms with Crippen molar-refractivity contribution in [1.82, 2.24) is 4.72 Å². The highest BCUT2D eigenvalue weighted by molar-refractivity contribution is 7.89. The SMILES string of the molecule is CNS(=O)(=O)c1ccc(Nc2cccc(N(C)C(C)C)c2)c([N+](=O)[O-])c1. The third-order valence-corrected chi connectivity index (χ3v) is 5.46. The van der Waals surface area contributed by atoms with E-state index in [1.54, 1.807) is 6.07 Å². The molecule has 0 spiro atoms. The minimum atomic E-state index is -3.76. The van der Waals surface area contributed by atoms with Crippen molar-refractivity contribution in [3.05, 3.63) is 52.6 Å². The van der Waals surface area contributed by atoms with E-state index in [-0.39, 0.29) is 16.3 Å². The van der Waals surface area contributed by atoms with Crippen LogP contribution in [0.1, 0.15) is 13.8 Å². The molecule has 0 bridgehead atoms. The van der Waals surface area contributed by atoms with Gasteiger partial charge in [-0.15, -0.1) is 0 Å². The highest BCUT2D eigenvalue weighted by Crippen LogP contribution is 2.31. The standard InChI is InChI=1S/C17H22N4O4S/c1-12(2)20(4)14-7-5-6-13(10-14)19-16-9-8-15(26(24,25)18-3)11-17(16)21(22)23/h5-12,18-19H,1-4H3. The first kappa shape index (κ1) is 19.7. The van der Waals surface area contributed by atoms with Gasteiger partial charge in [0.05, 0.1) is 9.82 Å². The predicted molar refractivity (Wildman–Crippen MR) is 103 cm³/mol. The maximum atomic E-state index is 11.9. The van der Waals surface area contributed by atoms with E-state index in [1.165, 1.54) is 19.2 Å². The van der Waals surface area contributed by atoms with Gasteiger partial charge in [0, 0.05) is 30.5 Å².